The summed E-state index contributed by atoms with van der Waals surface area (Å²) in [4.78, 5) is 22.8. The summed E-state index contributed by atoms with van der Waals surface area (Å²) < 4.78 is 12.8. The number of carbonyl (C=O) groups excluding carboxylic acids is 1. The molecule has 108 valence electrons. The van der Waals surface area contributed by atoms with Gasteiger partial charge in [-0.25, -0.2) is 9.18 Å². The Balaban J connectivity index is 2.29. The summed E-state index contributed by atoms with van der Waals surface area (Å²) in [6.07, 6.45) is 0. The highest BCUT2D eigenvalue weighted by molar-refractivity contribution is 6.40. The zero-order valence-electron chi connectivity index (χ0n) is 10.4. The second-order valence-electron chi connectivity index (χ2n) is 4.08. The Morgan fingerprint density at radius 1 is 1.00 bits per heavy atom. The maximum absolute atomic E-state index is 12.8. The fourth-order valence-electron chi connectivity index (χ4n) is 1.60. The van der Waals surface area contributed by atoms with Gasteiger partial charge in [0.2, 0.25) is 0 Å². The minimum absolute atomic E-state index is 0.00429. The van der Waals surface area contributed by atoms with Gasteiger partial charge in [-0.1, -0.05) is 23.2 Å². The molecule has 2 rings (SSSR count). The van der Waals surface area contributed by atoms with Crippen LogP contribution in [0.4, 0.5) is 10.1 Å². The number of hydrogen-bond donors (Lipinski definition) is 2. The van der Waals surface area contributed by atoms with Crippen molar-refractivity contribution in [2.24, 2.45) is 0 Å². The summed E-state index contributed by atoms with van der Waals surface area (Å²) in [6, 6.07) is 7.25. The first-order valence-corrected chi connectivity index (χ1v) is 6.43. The Morgan fingerprint density at radius 2 is 1.52 bits per heavy atom. The van der Waals surface area contributed by atoms with E-state index in [1.807, 2.05) is 0 Å². The van der Waals surface area contributed by atoms with Crippen LogP contribution in [0, 0.1) is 5.82 Å². The molecule has 4 nitrogen and oxygen atoms in total. The van der Waals surface area contributed by atoms with E-state index in [9.17, 15) is 14.0 Å². The molecule has 0 fully saturated rings. The van der Waals surface area contributed by atoms with Crippen LogP contribution < -0.4 is 5.32 Å². The molecule has 0 aliphatic rings. The molecule has 2 N–H and O–H groups in total. The lowest BCUT2D eigenvalue weighted by Gasteiger charge is -2.10. The third kappa shape index (κ3) is 3.51. The van der Waals surface area contributed by atoms with E-state index in [1.54, 1.807) is 0 Å². The molecule has 0 heterocycles. The molecular formula is C14H8Cl2FNO3. The lowest BCUT2D eigenvalue weighted by Crippen LogP contribution is -2.13. The number of carboxylic acids is 1. The van der Waals surface area contributed by atoms with Crippen molar-refractivity contribution in [2.75, 3.05) is 5.32 Å². The molecule has 0 aromatic heterocycles. The van der Waals surface area contributed by atoms with Gasteiger partial charge in [-0.2, -0.15) is 0 Å². The third-order valence-corrected chi connectivity index (χ3v) is 3.23. The molecule has 0 saturated heterocycles. The van der Waals surface area contributed by atoms with Gasteiger partial charge in [0.1, 0.15) is 5.82 Å². The van der Waals surface area contributed by atoms with Crippen LogP contribution in [-0.2, 0) is 0 Å². The highest BCUT2D eigenvalue weighted by Gasteiger charge is 2.15. The van der Waals surface area contributed by atoms with Crippen molar-refractivity contribution in [1.29, 1.82) is 0 Å². The summed E-state index contributed by atoms with van der Waals surface area (Å²) in [7, 11) is 0. The zero-order valence-corrected chi connectivity index (χ0v) is 11.9. The maximum Gasteiger partial charge on any atom is 0.335 e. The lowest BCUT2D eigenvalue weighted by molar-refractivity contribution is 0.0696. The first-order valence-electron chi connectivity index (χ1n) is 5.67. The molecule has 1 amide bonds. The summed E-state index contributed by atoms with van der Waals surface area (Å²) in [6.45, 7) is 0. The lowest BCUT2D eigenvalue weighted by atomic mass is 10.1. The molecule has 0 bridgehead atoms. The van der Waals surface area contributed by atoms with Gasteiger partial charge in [-0.05, 0) is 36.4 Å². The monoisotopic (exact) mass is 327 g/mol. The highest BCUT2D eigenvalue weighted by Crippen LogP contribution is 2.32. The predicted molar refractivity (Wildman–Crippen MR) is 77.8 cm³/mol. The topological polar surface area (TPSA) is 66.4 Å². The van der Waals surface area contributed by atoms with Crippen molar-refractivity contribution < 1.29 is 19.1 Å². The molecule has 21 heavy (non-hydrogen) atoms. The molecule has 7 heteroatoms. The molecule has 0 saturated carbocycles. The quantitative estimate of drug-likeness (QED) is 0.892. The molecule has 2 aromatic rings. The van der Waals surface area contributed by atoms with Gasteiger partial charge in [0.05, 0.1) is 21.3 Å². The molecule has 2 aromatic carbocycles. The van der Waals surface area contributed by atoms with Gasteiger partial charge in [0.15, 0.2) is 0 Å². The molecule has 0 radical (unpaired) electrons. The number of halogens is 3. The van der Waals surface area contributed by atoms with Gasteiger partial charge in [-0.3, -0.25) is 4.79 Å². The Labute approximate surface area is 129 Å². The van der Waals surface area contributed by atoms with Crippen molar-refractivity contribution in [3.05, 3.63) is 63.4 Å². The largest absolute Gasteiger partial charge is 0.478 e. The fraction of sp³-hybridized carbons (Fsp3) is 0. The van der Waals surface area contributed by atoms with E-state index in [4.69, 9.17) is 28.3 Å². The number of nitrogens with one attached hydrogen (secondary N) is 1. The van der Waals surface area contributed by atoms with E-state index >= 15 is 0 Å². The minimum atomic E-state index is -1.18. The minimum Gasteiger partial charge on any atom is -0.478 e. The van der Waals surface area contributed by atoms with Crippen molar-refractivity contribution in [1.82, 2.24) is 0 Å². The number of benzene rings is 2. The Morgan fingerprint density at radius 3 is 2.00 bits per heavy atom. The standard InChI is InChI=1S/C14H8Cl2FNO3/c15-10-5-8(14(20)21)6-11(16)12(10)18-13(19)7-1-3-9(17)4-2-7/h1-6H,(H,18,19)(H,20,21). The summed E-state index contributed by atoms with van der Waals surface area (Å²) in [5, 5.41) is 11.3. The van der Waals surface area contributed by atoms with Crippen molar-refractivity contribution in [2.45, 2.75) is 0 Å². The van der Waals surface area contributed by atoms with Gasteiger partial charge in [0.25, 0.3) is 5.91 Å². The zero-order chi connectivity index (χ0) is 15.6. The van der Waals surface area contributed by atoms with Gasteiger partial charge >= 0.3 is 5.97 Å². The van der Waals surface area contributed by atoms with Crippen LogP contribution in [0.15, 0.2) is 36.4 Å². The van der Waals surface area contributed by atoms with Crippen molar-refractivity contribution in [3.63, 3.8) is 0 Å². The van der Waals surface area contributed by atoms with Crippen LogP contribution in [0.25, 0.3) is 0 Å². The number of carboxylic acid groups (broad SMARTS) is 1. The fourth-order valence-corrected chi connectivity index (χ4v) is 2.18. The molecule has 0 spiro atoms. The molecule has 0 aliphatic heterocycles. The van der Waals surface area contributed by atoms with Crippen LogP contribution in [0.1, 0.15) is 20.7 Å². The average molecular weight is 328 g/mol. The SMILES string of the molecule is O=C(O)c1cc(Cl)c(NC(=O)c2ccc(F)cc2)c(Cl)c1. The molecule has 0 atom stereocenters. The van der Waals surface area contributed by atoms with Crippen LogP contribution in [0.3, 0.4) is 0 Å². The number of carbonyl (C=O) groups is 2. The van der Waals surface area contributed by atoms with Gasteiger partial charge < -0.3 is 10.4 Å². The first-order chi connectivity index (χ1) is 9.88. The van der Waals surface area contributed by atoms with E-state index in [0.717, 1.165) is 12.1 Å². The van der Waals surface area contributed by atoms with Crippen LogP contribution >= 0.6 is 23.2 Å². The Hall–Kier alpha value is -2.11. The van der Waals surface area contributed by atoms with Crippen LogP contribution in [0.5, 0.6) is 0 Å². The summed E-state index contributed by atoms with van der Waals surface area (Å²) in [5.41, 5.74) is 0.216. The van der Waals surface area contributed by atoms with Crippen LogP contribution in [0.2, 0.25) is 10.0 Å². The molecule has 0 aliphatic carbocycles. The smallest absolute Gasteiger partial charge is 0.335 e. The number of anilines is 1. The average Bonchev–Trinajstić information content (AvgIpc) is 2.43. The van der Waals surface area contributed by atoms with E-state index in [1.165, 1.54) is 24.3 Å². The number of hydrogen-bond acceptors (Lipinski definition) is 2. The highest BCUT2D eigenvalue weighted by atomic mass is 35.5. The molecular weight excluding hydrogens is 320 g/mol. The second kappa shape index (κ2) is 6.11. The first kappa shape index (κ1) is 15.3. The number of amides is 1. The third-order valence-electron chi connectivity index (χ3n) is 2.63. The summed E-state index contributed by atoms with van der Waals surface area (Å²) >= 11 is 11.8. The van der Waals surface area contributed by atoms with Crippen molar-refractivity contribution in [3.8, 4) is 0 Å². The van der Waals surface area contributed by atoms with Crippen molar-refractivity contribution >= 4 is 40.8 Å². The second-order valence-corrected chi connectivity index (χ2v) is 4.90. The Bertz CT molecular complexity index is 694. The summed E-state index contributed by atoms with van der Waals surface area (Å²) in [5.74, 6) is -2.19. The normalized spacial score (nSPS) is 10.2. The van der Waals surface area contributed by atoms with Gasteiger partial charge in [0, 0.05) is 5.56 Å². The Kier molecular flexibility index (Phi) is 4.45. The number of rotatable bonds is 3. The van der Waals surface area contributed by atoms with E-state index in [0.29, 0.717) is 0 Å². The molecule has 0 unspecified atom stereocenters. The van der Waals surface area contributed by atoms with E-state index in [-0.39, 0.29) is 26.9 Å². The van der Waals surface area contributed by atoms with E-state index in [2.05, 4.69) is 5.32 Å². The van der Waals surface area contributed by atoms with Gasteiger partial charge in [-0.15, -0.1) is 0 Å². The number of aromatic carboxylic acids is 1. The predicted octanol–water partition coefficient (Wildman–Crippen LogP) is 4.08. The van der Waals surface area contributed by atoms with E-state index < -0.39 is 17.7 Å². The van der Waals surface area contributed by atoms with Crippen LogP contribution in [-0.4, -0.2) is 17.0 Å². The maximum atomic E-state index is 12.8.